The molecule has 1 aliphatic carbocycles. The molecule has 0 saturated heterocycles. The molecule has 3 rings (SSSR count). The monoisotopic (exact) mass is 287 g/mol. The number of fused-ring (bicyclic) bond motifs is 1. The van der Waals surface area contributed by atoms with Gasteiger partial charge in [-0.25, -0.2) is 0 Å². The zero-order valence-corrected chi connectivity index (χ0v) is 13.6. The summed E-state index contributed by atoms with van der Waals surface area (Å²) in [5, 5.41) is 3.84. The predicted octanol–water partition coefficient (Wildman–Crippen LogP) is 4.04. The summed E-state index contributed by atoms with van der Waals surface area (Å²) in [6, 6.07) is 9.12. The fraction of sp³-hybridized carbons (Fsp3) is 0.684. The first-order valence-electron chi connectivity index (χ1n) is 8.61. The highest BCUT2D eigenvalue weighted by Gasteiger charge is 2.31. The lowest BCUT2D eigenvalue weighted by molar-refractivity contribution is 0.149. The molecule has 0 spiro atoms. The van der Waals surface area contributed by atoms with E-state index in [1.807, 2.05) is 0 Å². The van der Waals surface area contributed by atoms with Gasteiger partial charge in [0.15, 0.2) is 0 Å². The Bertz CT molecular complexity index is 445. The molecule has 1 N–H and O–H groups in total. The summed E-state index contributed by atoms with van der Waals surface area (Å²) in [4.78, 5) is 0. The molecule has 0 amide bonds. The van der Waals surface area contributed by atoms with Crippen LogP contribution in [0, 0.1) is 17.8 Å². The minimum Gasteiger partial charge on any atom is -0.488 e. The molecule has 2 heteroatoms. The molecule has 1 heterocycles. The summed E-state index contributed by atoms with van der Waals surface area (Å²) in [5.74, 6) is 3.54. The van der Waals surface area contributed by atoms with Crippen LogP contribution in [0.1, 0.15) is 45.6 Å². The molecule has 1 aromatic rings. The third-order valence-corrected chi connectivity index (χ3v) is 5.34. The van der Waals surface area contributed by atoms with Crippen molar-refractivity contribution in [1.82, 2.24) is 5.32 Å². The van der Waals surface area contributed by atoms with Gasteiger partial charge in [0.2, 0.25) is 0 Å². The number of benzene rings is 1. The summed E-state index contributed by atoms with van der Waals surface area (Å²) in [6.07, 6.45) is 5.46. The first-order chi connectivity index (χ1) is 10.1. The van der Waals surface area contributed by atoms with Crippen molar-refractivity contribution < 1.29 is 4.74 Å². The average Bonchev–Trinajstić information content (AvgIpc) is 2.87. The zero-order chi connectivity index (χ0) is 14.8. The second kappa shape index (κ2) is 6.39. The van der Waals surface area contributed by atoms with E-state index in [-0.39, 0.29) is 0 Å². The fourth-order valence-corrected chi connectivity index (χ4v) is 4.09. The van der Waals surface area contributed by atoms with E-state index in [0.29, 0.717) is 12.1 Å². The molecule has 4 atom stereocenters. The highest BCUT2D eigenvalue weighted by atomic mass is 16.5. The Morgan fingerprint density at radius 3 is 2.81 bits per heavy atom. The van der Waals surface area contributed by atoms with E-state index in [1.54, 1.807) is 0 Å². The average molecular weight is 287 g/mol. The Morgan fingerprint density at radius 1 is 1.24 bits per heavy atom. The van der Waals surface area contributed by atoms with Crippen molar-refractivity contribution in [3.05, 3.63) is 29.8 Å². The van der Waals surface area contributed by atoms with Gasteiger partial charge in [0.1, 0.15) is 11.9 Å². The van der Waals surface area contributed by atoms with E-state index in [1.165, 1.54) is 24.8 Å². The molecule has 116 valence electrons. The van der Waals surface area contributed by atoms with Crippen molar-refractivity contribution in [2.45, 2.75) is 58.6 Å². The molecule has 4 unspecified atom stereocenters. The number of hydrogen-bond acceptors (Lipinski definition) is 2. The van der Waals surface area contributed by atoms with Gasteiger partial charge in [0.05, 0.1) is 0 Å². The first-order valence-corrected chi connectivity index (χ1v) is 8.61. The Hall–Kier alpha value is -1.02. The molecular weight excluding hydrogens is 258 g/mol. The van der Waals surface area contributed by atoms with Gasteiger partial charge in [-0.1, -0.05) is 45.4 Å². The minimum atomic E-state index is 0.312. The largest absolute Gasteiger partial charge is 0.488 e. The van der Waals surface area contributed by atoms with Crippen LogP contribution in [0.2, 0.25) is 0 Å². The number of rotatable bonds is 4. The Kier molecular flexibility index (Phi) is 4.54. The molecule has 0 radical (unpaired) electrons. The molecule has 1 aromatic carbocycles. The van der Waals surface area contributed by atoms with Crippen LogP contribution in [0.3, 0.4) is 0 Å². The van der Waals surface area contributed by atoms with E-state index in [4.69, 9.17) is 4.74 Å². The lowest BCUT2D eigenvalue weighted by Crippen LogP contribution is -2.46. The fourth-order valence-electron chi connectivity index (χ4n) is 4.09. The van der Waals surface area contributed by atoms with Gasteiger partial charge in [-0.05, 0) is 42.2 Å². The minimum absolute atomic E-state index is 0.312. The SMILES string of the molecule is CC1CCC(C(C)C)C(NCC2Cc3ccccc3O2)C1. The Morgan fingerprint density at radius 2 is 2.05 bits per heavy atom. The topological polar surface area (TPSA) is 21.3 Å². The number of nitrogens with one attached hydrogen (secondary N) is 1. The molecule has 2 nitrogen and oxygen atoms in total. The maximum atomic E-state index is 6.06. The maximum Gasteiger partial charge on any atom is 0.123 e. The third kappa shape index (κ3) is 3.42. The highest BCUT2D eigenvalue weighted by Crippen LogP contribution is 2.34. The van der Waals surface area contributed by atoms with Gasteiger partial charge in [0, 0.05) is 19.0 Å². The number of hydrogen-bond donors (Lipinski definition) is 1. The molecule has 1 fully saturated rings. The summed E-state index contributed by atoms with van der Waals surface area (Å²) in [6.45, 7) is 8.12. The number of para-hydroxylation sites is 1. The molecule has 21 heavy (non-hydrogen) atoms. The third-order valence-electron chi connectivity index (χ3n) is 5.34. The van der Waals surface area contributed by atoms with Gasteiger partial charge in [-0.3, -0.25) is 0 Å². The predicted molar refractivity (Wildman–Crippen MR) is 87.7 cm³/mol. The first kappa shape index (κ1) is 14.9. The molecule has 0 bridgehead atoms. The van der Waals surface area contributed by atoms with Crippen LogP contribution in [-0.4, -0.2) is 18.7 Å². The number of ether oxygens (including phenoxy) is 1. The van der Waals surface area contributed by atoms with E-state index in [0.717, 1.165) is 36.5 Å². The Labute approximate surface area is 129 Å². The van der Waals surface area contributed by atoms with E-state index < -0.39 is 0 Å². The zero-order valence-electron chi connectivity index (χ0n) is 13.6. The Balaban J connectivity index is 1.55. The smallest absolute Gasteiger partial charge is 0.123 e. The standard InChI is InChI=1S/C19H29NO/c1-13(2)17-9-8-14(3)10-18(17)20-12-16-11-15-6-4-5-7-19(15)21-16/h4-7,13-14,16-18,20H,8-12H2,1-3H3. The summed E-state index contributed by atoms with van der Waals surface area (Å²) in [5.41, 5.74) is 1.36. The van der Waals surface area contributed by atoms with Crippen LogP contribution in [0.15, 0.2) is 24.3 Å². The molecule has 1 aliphatic heterocycles. The maximum absolute atomic E-state index is 6.06. The molecular formula is C19H29NO. The van der Waals surface area contributed by atoms with Gasteiger partial charge in [0.25, 0.3) is 0 Å². The lowest BCUT2D eigenvalue weighted by Gasteiger charge is -2.38. The lowest BCUT2D eigenvalue weighted by atomic mass is 9.74. The van der Waals surface area contributed by atoms with E-state index in [2.05, 4.69) is 50.4 Å². The van der Waals surface area contributed by atoms with Crippen LogP contribution >= 0.6 is 0 Å². The summed E-state index contributed by atoms with van der Waals surface area (Å²) < 4.78 is 6.06. The van der Waals surface area contributed by atoms with Gasteiger partial charge in [-0.2, -0.15) is 0 Å². The molecule has 1 saturated carbocycles. The van der Waals surface area contributed by atoms with Crippen molar-refractivity contribution in [3.63, 3.8) is 0 Å². The van der Waals surface area contributed by atoms with Crippen molar-refractivity contribution in [2.24, 2.45) is 17.8 Å². The summed E-state index contributed by atoms with van der Waals surface area (Å²) >= 11 is 0. The molecule has 2 aliphatic rings. The quantitative estimate of drug-likeness (QED) is 0.902. The van der Waals surface area contributed by atoms with Crippen molar-refractivity contribution in [3.8, 4) is 5.75 Å². The van der Waals surface area contributed by atoms with Gasteiger partial charge >= 0.3 is 0 Å². The molecule has 0 aromatic heterocycles. The normalized spacial score (nSPS) is 32.0. The second-order valence-electron chi connectivity index (χ2n) is 7.39. The highest BCUT2D eigenvalue weighted by molar-refractivity contribution is 5.37. The van der Waals surface area contributed by atoms with Crippen LogP contribution in [0.25, 0.3) is 0 Å². The summed E-state index contributed by atoms with van der Waals surface area (Å²) in [7, 11) is 0. The van der Waals surface area contributed by atoms with Crippen molar-refractivity contribution in [2.75, 3.05) is 6.54 Å². The van der Waals surface area contributed by atoms with Crippen LogP contribution in [-0.2, 0) is 6.42 Å². The van der Waals surface area contributed by atoms with Crippen molar-refractivity contribution >= 4 is 0 Å². The second-order valence-corrected chi connectivity index (χ2v) is 7.39. The van der Waals surface area contributed by atoms with E-state index in [9.17, 15) is 0 Å². The van der Waals surface area contributed by atoms with Gasteiger partial charge in [-0.15, -0.1) is 0 Å². The van der Waals surface area contributed by atoms with E-state index >= 15 is 0 Å². The van der Waals surface area contributed by atoms with Crippen LogP contribution in [0.4, 0.5) is 0 Å². The van der Waals surface area contributed by atoms with Crippen LogP contribution < -0.4 is 10.1 Å². The van der Waals surface area contributed by atoms with Crippen LogP contribution in [0.5, 0.6) is 5.75 Å². The van der Waals surface area contributed by atoms with Crippen molar-refractivity contribution in [1.29, 1.82) is 0 Å². The van der Waals surface area contributed by atoms with Gasteiger partial charge < -0.3 is 10.1 Å².